The van der Waals surface area contributed by atoms with Gasteiger partial charge in [-0.1, -0.05) is 40.4 Å². The standard InChI is InChI=1S/C16H11Cl2N3O3/c1-23-13-5-3-2-4-12(13)15-20-21-16(24-15)19-14(22)9-6-10(17)8-11(18)7-9/h2-8H,1H3,(H,19,21,22). The van der Waals surface area contributed by atoms with Gasteiger partial charge in [0.15, 0.2) is 0 Å². The van der Waals surface area contributed by atoms with Gasteiger partial charge in [0.1, 0.15) is 5.75 Å². The number of benzene rings is 2. The van der Waals surface area contributed by atoms with Crippen molar-refractivity contribution in [2.75, 3.05) is 12.4 Å². The molecule has 0 saturated heterocycles. The fraction of sp³-hybridized carbons (Fsp3) is 0.0625. The maximum atomic E-state index is 12.2. The fourth-order valence-electron chi connectivity index (χ4n) is 2.06. The Labute approximate surface area is 147 Å². The van der Waals surface area contributed by atoms with Crippen molar-refractivity contribution in [1.29, 1.82) is 0 Å². The van der Waals surface area contributed by atoms with Gasteiger partial charge in [0.05, 0.1) is 12.7 Å². The molecule has 1 heterocycles. The number of para-hydroxylation sites is 1. The third-order valence-corrected chi connectivity index (χ3v) is 3.54. The molecule has 0 bridgehead atoms. The van der Waals surface area contributed by atoms with E-state index in [0.717, 1.165) is 0 Å². The van der Waals surface area contributed by atoms with E-state index in [4.69, 9.17) is 32.4 Å². The van der Waals surface area contributed by atoms with Gasteiger partial charge in [-0.15, -0.1) is 5.10 Å². The highest BCUT2D eigenvalue weighted by Crippen LogP contribution is 2.29. The summed E-state index contributed by atoms with van der Waals surface area (Å²) < 4.78 is 10.7. The maximum Gasteiger partial charge on any atom is 0.322 e. The summed E-state index contributed by atoms with van der Waals surface area (Å²) in [4.78, 5) is 12.2. The molecule has 0 radical (unpaired) electrons. The molecule has 1 amide bonds. The summed E-state index contributed by atoms with van der Waals surface area (Å²) >= 11 is 11.8. The number of aromatic nitrogens is 2. The first-order valence-corrected chi connectivity index (χ1v) is 7.57. The maximum absolute atomic E-state index is 12.2. The van der Waals surface area contributed by atoms with Crippen LogP contribution in [-0.2, 0) is 0 Å². The lowest BCUT2D eigenvalue weighted by Gasteiger charge is -2.04. The summed E-state index contributed by atoms with van der Waals surface area (Å²) in [6.07, 6.45) is 0. The van der Waals surface area contributed by atoms with Crippen molar-refractivity contribution in [1.82, 2.24) is 10.2 Å². The molecule has 122 valence electrons. The Morgan fingerprint density at radius 1 is 1.12 bits per heavy atom. The van der Waals surface area contributed by atoms with Crippen LogP contribution in [0.5, 0.6) is 5.75 Å². The SMILES string of the molecule is COc1ccccc1-c1nnc(NC(=O)c2cc(Cl)cc(Cl)c2)o1. The highest BCUT2D eigenvalue weighted by Gasteiger charge is 2.16. The van der Waals surface area contributed by atoms with Crippen LogP contribution in [0.15, 0.2) is 46.9 Å². The predicted molar refractivity (Wildman–Crippen MR) is 90.7 cm³/mol. The van der Waals surface area contributed by atoms with E-state index in [9.17, 15) is 4.79 Å². The van der Waals surface area contributed by atoms with Crippen molar-refractivity contribution in [3.05, 3.63) is 58.1 Å². The van der Waals surface area contributed by atoms with Gasteiger partial charge in [-0.05, 0) is 30.3 Å². The number of amides is 1. The molecule has 6 nitrogen and oxygen atoms in total. The monoisotopic (exact) mass is 363 g/mol. The first-order chi connectivity index (χ1) is 11.6. The van der Waals surface area contributed by atoms with Crippen molar-refractivity contribution >= 4 is 35.1 Å². The number of nitrogens with one attached hydrogen (secondary N) is 1. The van der Waals surface area contributed by atoms with E-state index in [1.165, 1.54) is 18.2 Å². The predicted octanol–water partition coefficient (Wildman–Crippen LogP) is 4.30. The molecule has 8 heteroatoms. The lowest BCUT2D eigenvalue weighted by Crippen LogP contribution is -2.12. The van der Waals surface area contributed by atoms with Crippen LogP contribution < -0.4 is 10.1 Å². The van der Waals surface area contributed by atoms with Gasteiger partial charge in [0.2, 0.25) is 0 Å². The summed E-state index contributed by atoms with van der Waals surface area (Å²) in [7, 11) is 1.54. The zero-order chi connectivity index (χ0) is 17.1. The van der Waals surface area contributed by atoms with Gasteiger partial charge in [-0.3, -0.25) is 10.1 Å². The van der Waals surface area contributed by atoms with Gasteiger partial charge >= 0.3 is 6.01 Å². The van der Waals surface area contributed by atoms with E-state index >= 15 is 0 Å². The van der Waals surface area contributed by atoms with Gasteiger partial charge in [-0.2, -0.15) is 0 Å². The quantitative estimate of drug-likeness (QED) is 0.747. The number of halogens is 2. The first kappa shape index (κ1) is 16.3. The Morgan fingerprint density at radius 3 is 2.54 bits per heavy atom. The zero-order valence-corrected chi connectivity index (χ0v) is 13.9. The van der Waals surface area contributed by atoms with Crippen LogP contribution in [0.4, 0.5) is 6.01 Å². The first-order valence-electron chi connectivity index (χ1n) is 6.81. The van der Waals surface area contributed by atoms with Crippen LogP contribution in [0.1, 0.15) is 10.4 Å². The van der Waals surface area contributed by atoms with E-state index in [-0.39, 0.29) is 17.5 Å². The molecule has 24 heavy (non-hydrogen) atoms. The minimum atomic E-state index is -0.463. The Morgan fingerprint density at radius 2 is 1.83 bits per heavy atom. The largest absolute Gasteiger partial charge is 0.496 e. The Balaban J connectivity index is 1.82. The molecular formula is C16H11Cl2N3O3. The van der Waals surface area contributed by atoms with Crippen LogP contribution in [0.25, 0.3) is 11.5 Å². The number of hydrogen-bond acceptors (Lipinski definition) is 5. The minimum Gasteiger partial charge on any atom is -0.496 e. The molecule has 0 spiro atoms. The van der Waals surface area contributed by atoms with Crippen LogP contribution in [0.3, 0.4) is 0 Å². The molecule has 2 aromatic carbocycles. The van der Waals surface area contributed by atoms with Crippen molar-refractivity contribution in [2.45, 2.75) is 0 Å². The molecule has 0 aliphatic heterocycles. The van der Waals surface area contributed by atoms with Crippen LogP contribution in [0, 0.1) is 0 Å². The number of ether oxygens (including phenoxy) is 1. The van der Waals surface area contributed by atoms with Crippen molar-refractivity contribution in [3.63, 3.8) is 0 Å². The lowest BCUT2D eigenvalue weighted by atomic mass is 10.2. The molecule has 0 saturated carbocycles. The zero-order valence-electron chi connectivity index (χ0n) is 12.4. The van der Waals surface area contributed by atoms with Crippen LogP contribution in [-0.4, -0.2) is 23.2 Å². The van der Waals surface area contributed by atoms with Crippen LogP contribution >= 0.6 is 23.2 Å². The summed E-state index contributed by atoms with van der Waals surface area (Å²) in [5, 5.41) is 10.9. The van der Waals surface area contributed by atoms with E-state index in [0.29, 0.717) is 21.4 Å². The smallest absolute Gasteiger partial charge is 0.322 e. The molecule has 0 fully saturated rings. The molecule has 0 aliphatic carbocycles. The fourth-order valence-corrected chi connectivity index (χ4v) is 2.58. The second kappa shape index (κ2) is 6.90. The Hall–Kier alpha value is -2.57. The highest BCUT2D eigenvalue weighted by molar-refractivity contribution is 6.35. The number of carbonyl (C=O) groups excluding carboxylic acids is 1. The number of hydrogen-bond donors (Lipinski definition) is 1. The number of anilines is 1. The average molecular weight is 364 g/mol. The van der Waals surface area contributed by atoms with Gasteiger partial charge in [-0.25, -0.2) is 0 Å². The molecule has 3 aromatic rings. The molecule has 3 rings (SSSR count). The number of methoxy groups -OCH3 is 1. The minimum absolute atomic E-state index is 0.0444. The van der Waals surface area contributed by atoms with Crippen molar-refractivity contribution in [3.8, 4) is 17.2 Å². The van der Waals surface area contributed by atoms with Crippen molar-refractivity contribution in [2.24, 2.45) is 0 Å². The number of rotatable bonds is 4. The Kier molecular flexibility index (Phi) is 4.69. The summed E-state index contributed by atoms with van der Waals surface area (Å²) in [5.41, 5.74) is 0.906. The van der Waals surface area contributed by atoms with Gasteiger partial charge in [0.25, 0.3) is 11.8 Å². The topological polar surface area (TPSA) is 77.3 Å². The summed E-state index contributed by atoms with van der Waals surface area (Å²) in [5.74, 6) is 0.349. The normalized spacial score (nSPS) is 10.5. The summed E-state index contributed by atoms with van der Waals surface area (Å²) in [6, 6.07) is 11.6. The van der Waals surface area contributed by atoms with Crippen molar-refractivity contribution < 1.29 is 13.9 Å². The van der Waals surface area contributed by atoms with Crippen LogP contribution in [0.2, 0.25) is 10.0 Å². The molecule has 1 N–H and O–H groups in total. The molecule has 0 aliphatic rings. The highest BCUT2D eigenvalue weighted by atomic mass is 35.5. The third kappa shape index (κ3) is 3.50. The second-order valence-electron chi connectivity index (χ2n) is 4.72. The summed E-state index contributed by atoms with van der Waals surface area (Å²) in [6.45, 7) is 0. The molecule has 1 aromatic heterocycles. The second-order valence-corrected chi connectivity index (χ2v) is 5.60. The third-order valence-electron chi connectivity index (χ3n) is 3.11. The Bertz CT molecular complexity index is 876. The lowest BCUT2D eigenvalue weighted by molar-refractivity contribution is 0.102. The van der Waals surface area contributed by atoms with E-state index < -0.39 is 5.91 Å². The number of nitrogens with zero attached hydrogens (tertiary/aromatic N) is 2. The average Bonchev–Trinajstić information content (AvgIpc) is 3.02. The van der Waals surface area contributed by atoms with Gasteiger partial charge < -0.3 is 9.15 Å². The van der Waals surface area contributed by atoms with E-state index in [1.807, 2.05) is 12.1 Å². The molecule has 0 atom stereocenters. The van der Waals surface area contributed by atoms with E-state index in [1.54, 1.807) is 19.2 Å². The van der Waals surface area contributed by atoms with Gasteiger partial charge in [0, 0.05) is 15.6 Å². The molecule has 0 unspecified atom stereocenters. The van der Waals surface area contributed by atoms with E-state index in [2.05, 4.69) is 15.5 Å². The number of carbonyl (C=O) groups is 1. The molecular weight excluding hydrogens is 353 g/mol.